The van der Waals surface area contributed by atoms with Gasteiger partial charge in [-0.25, -0.2) is 4.98 Å². The maximum absolute atomic E-state index is 12.2. The molecule has 9 nitrogen and oxygen atoms in total. The molecule has 0 saturated heterocycles. The normalized spacial score (nSPS) is 12.2. The second-order valence-electron chi connectivity index (χ2n) is 8.56. The molecule has 0 bridgehead atoms. The Hall–Kier alpha value is -3.95. The number of hydrogen-bond donors (Lipinski definition) is 5. The number of methoxy groups -OCH3 is 1. The van der Waals surface area contributed by atoms with Crippen molar-refractivity contribution in [2.24, 2.45) is 10.7 Å². The lowest BCUT2D eigenvalue weighted by Gasteiger charge is -2.13. The lowest BCUT2D eigenvalue weighted by Crippen LogP contribution is -2.26. The first-order valence-electron chi connectivity index (χ1n) is 11.1. The van der Waals surface area contributed by atoms with E-state index in [2.05, 4.69) is 20.6 Å². The van der Waals surface area contributed by atoms with Crippen LogP contribution in [0.2, 0.25) is 0 Å². The Morgan fingerprint density at radius 1 is 1.17 bits per heavy atom. The molecule has 9 heteroatoms. The number of carbonyl (C=O) groups is 1. The van der Waals surface area contributed by atoms with Gasteiger partial charge < -0.3 is 31.3 Å². The third-order valence-corrected chi connectivity index (χ3v) is 5.07. The Morgan fingerprint density at radius 2 is 1.94 bits per heavy atom. The molecule has 3 rings (SSSR count). The highest BCUT2D eigenvalue weighted by Gasteiger charge is 2.12. The molecule has 0 atom stereocenters. The molecule has 35 heavy (non-hydrogen) atoms. The molecule has 6 N–H and O–H groups in total. The summed E-state index contributed by atoms with van der Waals surface area (Å²) in [6, 6.07) is 12.8. The van der Waals surface area contributed by atoms with E-state index >= 15 is 0 Å². The molecule has 2 aromatic carbocycles. The zero-order valence-corrected chi connectivity index (χ0v) is 20.1. The number of ether oxygens (including phenoxy) is 1. The summed E-state index contributed by atoms with van der Waals surface area (Å²) in [6.45, 7) is 3.70. The topological polar surface area (TPSA) is 142 Å². The summed E-state index contributed by atoms with van der Waals surface area (Å²) in [5.74, 6) is 0.781. The van der Waals surface area contributed by atoms with Gasteiger partial charge in [-0.05, 0) is 55.1 Å². The molecule has 0 unspecified atom stereocenters. The van der Waals surface area contributed by atoms with Gasteiger partial charge in [0, 0.05) is 41.7 Å². The fraction of sp³-hybridized carbons (Fsp3) is 0.269. The quantitative estimate of drug-likeness (QED) is 0.283. The molecule has 0 saturated carbocycles. The molecule has 1 heterocycles. The van der Waals surface area contributed by atoms with Gasteiger partial charge >= 0.3 is 0 Å². The number of pyridine rings is 1. The Morgan fingerprint density at radius 3 is 2.63 bits per heavy atom. The van der Waals surface area contributed by atoms with E-state index in [4.69, 9.17) is 15.6 Å². The minimum Gasteiger partial charge on any atom is -0.495 e. The second kappa shape index (κ2) is 11.5. The molecular weight excluding hydrogens is 446 g/mol. The molecule has 0 aliphatic rings. The van der Waals surface area contributed by atoms with Gasteiger partial charge in [-0.2, -0.15) is 0 Å². The number of fused-ring (bicyclic) bond motifs is 1. The number of amides is 1. The van der Waals surface area contributed by atoms with E-state index in [1.54, 1.807) is 44.5 Å². The minimum atomic E-state index is -0.895. The highest BCUT2D eigenvalue weighted by Crippen LogP contribution is 2.30. The Bertz CT molecular complexity index is 1250. The fourth-order valence-electron chi connectivity index (χ4n) is 3.32. The number of nitrogens with zero attached hydrogens (tertiary/aromatic N) is 2. The van der Waals surface area contributed by atoms with Gasteiger partial charge in [0.1, 0.15) is 11.6 Å². The monoisotopic (exact) mass is 477 g/mol. The number of aliphatic hydroxyl groups excluding tert-OH is 1. The summed E-state index contributed by atoms with van der Waals surface area (Å²) in [5, 5.41) is 26.5. The number of nitrogens with one attached hydrogen (secondary N) is 2. The number of nitrogens with two attached hydrogens (primary N) is 1. The molecule has 184 valence electrons. The molecule has 1 amide bonds. The number of allylic oxidation sites excluding steroid dienone is 1. The number of hydrogen-bond acceptors (Lipinski definition) is 8. The first kappa shape index (κ1) is 25.7. The first-order chi connectivity index (χ1) is 16.7. The minimum absolute atomic E-state index is 0.131. The van der Waals surface area contributed by atoms with Crippen molar-refractivity contribution in [3.05, 3.63) is 66.0 Å². The largest absolute Gasteiger partial charge is 0.495 e. The third kappa shape index (κ3) is 7.02. The van der Waals surface area contributed by atoms with Crippen LogP contribution in [0, 0.1) is 0 Å². The molecule has 0 fully saturated rings. The van der Waals surface area contributed by atoms with Crippen molar-refractivity contribution in [3.63, 3.8) is 0 Å². The van der Waals surface area contributed by atoms with Gasteiger partial charge in [0.15, 0.2) is 0 Å². The van der Waals surface area contributed by atoms with Crippen molar-refractivity contribution >= 4 is 40.0 Å². The summed E-state index contributed by atoms with van der Waals surface area (Å²) in [5.41, 5.74) is 7.62. The zero-order chi connectivity index (χ0) is 25.4. The number of aliphatic hydroxyl groups is 2. The molecule has 0 radical (unpaired) electrons. The lowest BCUT2D eigenvalue weighted by molar-refractivity contribution is 0.0905. The van der Waals surface area contributed by atoms with Crippen LogP contribution in [0.4, 0.5) is 11.5 Å². The number of benzene rings is 2. The first-order valence-corrected chi connectivity index (χ1v) is 11.1. The molecule has 0 aliphatic heterocycles. The van der Waals surface area contributed by atoms with Crippen molar-refractivity contribution in [2.45, 2.75) is 19.4 Å². The van der Waals surface area contributed by atoms with E-state index in [1.165, 1.54) is 13.3 Å². The van der Waals surface area contributed by atoms with E-state index in [0.29, 0.717) is 22.8 Å². The number of carbonyl (C=O) groups excluding carboxylic acids is 1. The van der Waals surface area contributed by atoms with E-state index in [9.17, 15) is 9.90 Å². The SMILES string of the molecule is COc1cc(C(=O)NCCO)ccc1Nc1cc2cc(C(C=NCC(C)(C)O)=CN)ccc2cn1. The van der Waals surface area contributed by atoms with Crippen molar-refractivity contribution in [3.8, 4) is 5.75 Å². The molecule has 1 aromatic heterocycles. The van der Waals surface area contributed by atoms with Gasteiger partial charge in [-0.3, -0.25) is 9.79 Å². The smallest absolute Gasteiger partial charge is 0.251 e. The predicted molar refractivity (Wildman–Crippen MR) is 139 cm³/mol. The molecule has 0 aliphatic carbocycles. The zero-order valence-electron chi connectivity index (χ0n) is 20.1. The van der Waals surface area contributed by atoms with E-state index < -0.39 is 5.60 Å². The van der Waals surface area contributed by atoms with Crippen LogP contribution in [-0.4, -0.2) is 59.7 Å². The van der Waals surface area contributed by atoms with Crippen molar-refractivity contribution in [2.75, 3.05) is 32.1 Å². The van der Waals surface area contributed by atoms with Crippen LogP contribution in [0.1, 0.15) is 29.8 Å². The number of aliphatic imine (C=N–C) groups is 1. The Balaban J connectivity index is 1.85. The van der Waals surface area contributed by atoms with Crippen LogP contribution >= 0.6 is 0 Å². The van der Waals surface area contributed by atoms with Crippen molar-refractivity contribution in [1.82, 2.24) is 10.3 Å². The fourth-order valence-corrected chi connectivity index (χ4v) is 3.32. The van der Waals surface area contributed by atoms with E-state index in [-0.39, 0.29) is 25.6 Å². The Labute approximate surface area is 204 Å². The summed E-state index contributed by atoms with van der Waals surface area (Å²) in [7, 11) is 1.52. The highest BCUT2D eigenvalue weighted by atomic mass is 16.5. The third-order valence-electron chi connectivity index (χ3n) is 5.07. The van der Waals surface area contributed by atoms with Crippen LogP contribution in [0.15, 0.2) is 59.9 Å². The van der Waals surface area contributed by atoms with Crippen molar-refractivity contribution in [1.29, 1.82) is 0 Å². The maximum Gasteiger partial charge on any atom is 0.251 e. The Kier molecular flexibility index (Phi) is 8.40. The van der Waals surface area contributed by atoms with Gasteiger partial charge in [-0.15, -0.1) is 0 Å². The second-order valence-corrected chi connectivity index (χ2v) is 8.56. The standard InChI is InChI=1S/C26H31N5O4/c1-26(2,34)16-28-14-21(13-27)17-4-5-19-15-30-24(12-20(19)10-17)31-22-7-6-18(11-23(22)35-3)25(33)29-8-9-32/h4-7,10-15,32,34H,8-9,16,27H2,1-3H3,(H,29,33)(H,30,31). The van der Waals surface area contributed by atoms with Crippen LogP contribution in [0.3, 0.4) is 0 Å². The lowest BCUT2D eigenvalue weighted by atomic mass is 10.0. The van der Waals surface area contributed by atoms with Gasteiger partial charge in [-0.1, -0.05) is 12.1 Å². The number of anilines is 2. The van der Waals surface area contributed by atoms with Crippen LogP contribution in [-0.2, 0) is 0 Å². The summed E-state index contributed by atoms with van der Waals surface area (Å²) in [4.78, 5) is 20.9. The highest BCUT2D eigenvalue weighted by molar-refractivity contribution is 6.10. The average Bonchev–Trinajstić information content (AvgIpc) is 2.84. The van der Waals surface area contributed by atoms with Gasteiger partial charge in [0.2, 0.25) is 0 Å². The maximum atomic E-state index is 12.2. The predicted octanol–water partition coefficient (Wildman–Crippen LogP) is 2.85. The summed E-state index contributed by atoms with van der Waals surface area (Å²) < 4.78 is 5.45. The van der Waals surface area contributed by atoms with Gasteiger partial charge in [0.05, 0.1) is 31.5 Å². The van der Waals surface area contributed by atoms with Gasteiger partial charge in [0.25, 0.3) is 5.91 Å². The molecule has 3 aromatic rings. The number of rotatable bonds is 10. The van der Waals surface area contributed by atoms with Crippen molar-refractivity contribution < 1.29 is 19.7 Å². The van der Waals surface area contributed by atoms with Crippen LogP contribution in [0.25, 0.3) is 16.3 Å². The average molecular weight is 478 g/mol. The summed E-state index contributed by atoms with van der Waals surface area (Å²) >= 11 is 0. The summed E-state index contributed by atoms with van der Waals surface area (Å²) in [6.07, 6.45) is 4.90. The number of aromatic nitrogens is 1. The molecular formula is C26H31N5O4. The van der Waals surface area contributed by atoms with E-state index in [0.717, 1.165) is 21.9 Å². The van der Waals surface area contributed by atoms with Crippen LogP contribution < -0.4 is 21.1 Å². The van der Waals surface area contributed by atoms with E-state index in [1.807, 2.05) is 24.3 Å². The molecule has 0 spiro atoms. The van der Waals surface area contributed by atoms with Crippen LogP contribution in [0.5, 0.6) is 5.75 Å².